The molecule has 0 atom stereocenters. The summed E-state index contributed by atoms with van der Waals surface area (Å²) in [6.45, 7) is 2.88. The third-order valence-corrected chi connectivity index (χ3v) is 0.289. The standard InChI is InChI=1S/C3H9N.C2H8N2/c1-2-3-4;1-4(2)3/h2-4H2,1H3;3H2,1-2H3. The Morgan fingerprint density at radius 3 is 1.50 bits per heavy atom. The van der Waals surface area contributed by atoms with E-state index >= 15 is 0 Å². The van der Waals surface area contributed by atoms with Crippen LogP contribution in [0.3, 0.4) is 0 Å². The monoisotopic (exact) mass is 119 g/mol. The lowest BCUT2D eigenvalue weighted by Crippen LogP contribution is -2.18. The highest BCUT2D eigenvalue weighted by Crippen LogP contribution is 1.57. The van der Waals surface area contributed by atoms with Crippen molar-refractivity contribution in [3.63, 3.8) is 0 Å². The van der Waals surface area contributed by atoms with Gasteiger partial charge in [0.2, 0.25) is 0 Å². The lowest BCUT2D eigenvalue weighted by Gasteiger charge is -1.91. The summed E-state index contributed by atoms with van der Waals surface area (Å²) >= 11 is 0. The van der Waals surface area contributed by atoms with Gasteiger partial charge in [-0.2, -0.15) is 0 Å². The van der Waals surface area contributed by atoms with Crippen molar-refractivity contribution in [1.82, 2.24) is 5.01 Å². The lowest BCUT2D eigenvalue weighted by atomic mass is 10.5. The van der Waals surface area contributed by atoms with Crippen LogP contribution in [0.2, 0.25) is 0 Å². The second-order valence-electron chi connectivity index (χ2n) is 1.75. The molecule has 0 fully saturated rings. The van der Waals surface area contributed by atoms with Crippen molar-refractivity contribution in [3.8, 4) is 0 Å². The number of nitrogens with zero attached hydrogens (tertiary/aromatic N) is 1. The summed E-state index contributed by atoms with van der Waals surface area (Å²) in [6.07, 6.45) is 1.10. The van der Waals surface area contributed by atoms with Gasteiger partial charge in [-0.15, -0.1) is 0 Å². The average Bonchev–Trinajstić information content (AvgIpc) is 1.65. The Hall–Kier alpha value is -0.120. The van der Waals surface area contributed by atoms with Crippen molar-refractivity contribution in [2.45, 2.75) is 13.3 Å². The fourth-order valence-corrected chi connectivity index (χ4v) is 0. The first kappa shape index (κ1) is 10.8. The van der Waals surface area contributed by atoms with E-state index in [1.165, 1.54) is 5.01 Å². The average molecular weight is 119 g/mol. The molecule has 0 aromatic carbocycles. The Balaban J connectivity index is 0. The van der Waals surface area contributed by atoms with E-state index in [-0.39, 0.29) is 0 Å². The van der Waals surface area contributed by atoms with Crippen molar-refractivity contribution >= 4 is 0 Å². The van der Waals surface area contributed by atoms with E-state index in [2.05, 4.69) is 6.92 Å². The molecule has 0 saturated carbocycles. The van der Waals surface area contributed by atoms with Gasteiger partial charge >= 0.3 is 0 Å². The highest BCUT2D eigenvalue weighted by atomic mass is 15.4. The molecular weight excluding hydrogens is 102 g/mol. The summed E-state index contributed by atoms with van der Waals surface area (Å²) in [4.78, 5) is 0. The Labute approximate surface area is 51.6 Å². The van der Waals surface area contributed by atoms with Gasteiger partial charge in [-0.3, -0.25) is 10.9 Å². The van der Waals surface area contributed by atoms with Crippen molar-refractivity contribution in [1.29, 1.82) is 0 Å². The number of hydrazine groups is 1. The van der Waals surface area contributed by atoms with Crippen molar-refractivity contribution < 1.29 is 0 Å². The number of nitrogens with two attached hydrogens (primary N) is 2. The van der Waals surface area contributed by atoms with Crippen LogP contribution in [0.4, 0.5) is 0 Å². The van der Waals surface area contributed by atoms with E-state index in [0.29, 0.717) is 0 Å². The topological polar surface area (TPSA) is 55.3 Å². The maximum absolute atomic E-state index is 5.03. The Morgan fingerprint density at radius 2 is 1.50 bits per heavy atom. The Bertz CT molecular complexity index is 24.1. The Morgan fingerprint density at radius 1 is 1.38 bits per heavy atom. The van der Waals surface area contributed by atoms with Crippen LogP contribution < -0.4 is 11.6 Å². The SMILES string of the molecule is CCCN.CN(C)N. The minimum Gasteiger partial charge on any atom is -0.330 e. The molecule has 8 heavy (non-hydrogen) atoms. The zero-order chi connectivity index (χ0) is 6.99. The molecule has 4 N–H and O–H groups in total. The minimum absolute atomic E-state index is 0.819. The summed E-state index contributed by atoms with van der Waals surface area (Å²) < 4.78 is 0. The molecule has 0 aromatic rings. The number of hydrogen-bond donors (Lipinski definition) is 2. The van der Waals surface area contributed by atoms with Gasteiger partial charge in [-0.05, 0) is 13.0 Å². The fourth-order valence-electron chi connectivity index (χ4n) is 0. The third-order valence-electron chi connectivity index (χ3n) is 0.289. The van der Waals surface area contributed by atoms with Crippen molar-refractivity contribution in [2.24, 2.45) is 11.6 Å². The van der Waals surface area contributed by atoms with Gasteiger partial charge in [0.25, 0.3) is 0 Å². The van der Waals surface area contributed by atoms with E-state index in [1.807, 2.05) is 0 Å². The predicted molar refractivity (Wildman–Crippen MR) is 37.2 cm³/mol. The number of hydrogen-bond acceptors (Lipinski definition) is 3. The molecule has 0 rings (SSSR count). The summed E-state index contributed by atoms with van der Waals surface area (Å²) in [5.74, 6) is 4.94. The largest absolute Gasteiger partial charge is 0.330 e. The highest BCUT2D eigenvalue weighted by molar-refractivity contribution is 4.19. The van der Waals surface area contributed by atoms with Gasteiger partial charge < -0.3 is 5.73 Å². The van der Waals surface area contributed by atoms with E-state index in [0.717, 1.165) is 13.0 Å². The normalized spacial score (nSPS) is 8.25. The van der Waals surface area contributed by atoms with E-state index in [1.54, 1.807) is 14.1 Å². The molecule has 52 valence electrons. The molecule has 0 amide bonds. The fraction of sp³-hybridized carbons (Fsp3) is 1.00. The molecule has 0 bridgehead atoms. The molecule has 0 radical (unpaired) electrons. The molecule has 0 heterocycles. The third kappa shape index (κ3) is 181. The second-order valence-corrected chi connectivity index (χ2v) is 1.75. The molecule has 3 nitrogen and oxygen atoms in total. The van der Waals surface area contributed by atoms with Crippen LogP contribution in [0.1, 0.15) is 13.3 Å². The molecule has 0 saturated heterocycles. The van der Waals surface area contributed by atoms with Crippen LogP contribution in [0.15, 0.2) is 0 Å². The van der Waals surface area contributed by atoms with Crippen molar-refractivity contribution in [3.05, 3.63) is 0 Å². The molecule has 0 aliphatic rings. The molecule has 0 aliphatic heterocycles. The van der Waals surface area contributed by atoms with E-state index in [4.69, 9.17) is 11.6 Å². The second kappa shape index (κ2) is 9.99. The zero-order valence-electron chi connectivity index (χ0n) is 6.02. The van der Waals surface area contributed by atoms with Crippen LogP contribution in [-0.2, 0) is 0 Å². The first-order valence-corrected chi connectivity index (χ1v) is 2.77. The Kier molecular flexibility index (Phi) is 13.5. The van der Waals surface area contributed by atoms with Crippen LogP contribution >= 0.6 is 0 Å². The van der Waals surface area contributed by atoms with Crippen LogP contribution in [0.5, 0.6) is 0 Å². The molecular formula is C5H17N3. The predicted octanol–water partition coefficient (Wildman–Crippen LogP) is -0.223. The molecule has 0 spiro atoms. The van der Waals surface area contributed by atoms with Crippen LogP contribution in [0.25, 0.3) is 0 Å². The minimum atomic E-state index is 0.819. The maximum Gasteiger partial charge on any atom is 0.00105 e. The summed E-state index contributed by atoms with van der Waals surface area (Å²) in [5, 5.41) is 1.50. The number of rotatable bonds is 1. The first-order valence-electron chi connectivity index (χ1n) is 2.77. The van der Waals surface area contributed by atoms with E-state index < -0.39 is 0 Å². The van der Waals surface area contributed by atoms with Crippen molar-refractivity contribution in [2.75, 3.05) is 20.6 Å². The first-order chi connectivity index (χ1) is 3.65. The zero-order valence-corrected chi connectivity index (χ0v) is 6.02. The summed E-state index contributed by atoms with van der Waals surface area (Å²) in [6, 6.07) is 0. The van der Waals surface area contributed by atoms with Gasteiger partial charge in [0.15, 0.2) is 0 Å². The summed E-state index contributed by atoms with van der Waals surface area (Å²) in [7, 11) is 3.56. The van der Waals surface area contributed by atoms with Crippen LogP contribution in [0, 0.1) is 0 Å². The molecule has 0 aromatic heterocycles. The quantitative estimate of drug-likeness (QED) is 0.370. The molecule has 0 aliphatic carbocycles. The molecule has 0 unspecified atom stereocenters. The van der Waals surface area contributed by atoms with Crippen LogP contribution in [-0.4, -0.2) is 25.6 Å². The smallest absolute Gasteiger partial charge is 0.00105 e. The summed E-state index contributed by atoms with van der Waals surface area (Å²) in [5.41, 5.74) is 5.03. The lowest BCUT2D eigenvalue weighted by molar-refractivity contribution is 0.432. The van der Waals surface area contributed by atoms with E-state index in [9.17, 15) is 0 Å². The highest BCUT2D eigenvalue weighted by Gasteiger charge is 1.57. The van der Waals surface area contributed by atoms with Gasteiger partial charge in [0, 0.05) is 14.1 Å². The van der Waals surface area contributed by atoms with Gasteiger partial charge in [-0.25, -0.2) is 0 Å². The van der Waals surface area contributed by atoms with Gasteiger partial charge in [0.1, 0.15) is 0 Å². The maximum atomic E-state index is 5.03. The molecule has 3 heteroatoms. The van der Waals surface area contributed by atoms with Gasteiger partial charge in [0.05, 0.1) is 0 Å². The van der Waals surface area contributed by atoms with Gasteiger partial charge in [-0.1, -0.05) is 6.92 Å².